The van der Waals surface area contributed by atoms with Crippen molar-refractivity contribution >= 4 is 15.9 Å². The van der Waals surface area contributed by atoms with E-state index in [1.807, 2.05) is 18.8 Å². The van der Waals surface area contributed by atoms with Gasteiger partial charge in [-0.3, -0.25) is 4.68 Å². The maximum Gasteiger partial charge on any atom is 0.107 e. The minimum atomic E-state index is 0.950. The van der Waals surface area contributed by atoms with Gasteiger partial charge in [-0.15, -0.1) is 0 Å². The highest BCUT2D eigenvalue weighted by Gasteiger charge is 2.14. The Labute approximate surface area is 116 Å². The third kappa shape index (κ3) is 2.65. The maximum atomic E-state index is 4.62. The van der Waals surface area contributed by atoms with E-state index in [1.165, 1.54) is 11.3 Å². The topological polar surface area (TPSA) is 29.9 Å². The van der Waals surface area contributed by atoms with Crippen LogP contribution in [0.4, 0.5) is 0 Å². The van der Waals surface area contributed by atoms with Crippen molar-refractivity contribution in [3.63, 3.8) is 0 Å². The molecule has 0 fully saturated rings. The number of aryl methyl sites for hydroxylation is 2. The molecule has 4 heteroatoms. The summed E-state index contributed by atoms with van der Waals surface area (Å²) in [5.74, 6) is 0. The number of nitrogens with one attached hydrogen (secondary N) is 1. The van der Waals surface area contributed by atoms with Crippen LogP contribution in [0.1, 0.15) is 11.3 Å². The molecule has 96 valence electrons. The van der Waals surface area contributed by atoms with Crippen LogP contribution in [0.15, 0.2) is 28.7 Å². The molecule has 1 aromatic heterocycles. The van der Waals surface area contributed by atoms with Crippen molar-refractivity contribution in [2.45, 2.75) is 13.3 Å². The molecule has 0 unspecified atom stereocenters. The number of hydrogen-bond acceptors (Lipinski definition) is 2. The monoisotopic (exact) mass is 307 g/mol. The van der Waals surface area contributed by atoms with Crippen LogP contribution >= 0.6 is 15.9 Å². The van der Waals surface area contributed by atoms with E-state index in [1.54, 1.807) is 0 Å². The van der Waals surface area contributed by atoms with Crippen molar-refractivity contribution in [1.29, 1.82) is 0 Å². The first-order valence-corrected chi connectivity index (χ1v) is 6.85. The zero-order valence-electron chi connectivity index (χ0n) is 11.0. The zero-order chi connectivity index (χ0) is 13.1. The van der Waals surface area contributed by atoms with Crippen LogP contribution in [0.5, 0.6) is 0 Å². The Morgan fingerprint density at radius 3 is 2.83 bits per heavy atom. The third-order valence-electron chi connectivity index (χ3n) is 3.01. The summed E-state index contributed by atoms with van der Waals surface area (Å²) in [6.45, 7) is 3.05. The Bertz CT molecular complexity index is 546. The summed E-state index contributed by atoms with van der Waals surface area (Å²) in [5.41, 5.74) is 4.66. The van der Waals surface area contributed by atoms with Gasteiger partial charge in [0.25, 0.3) is 0 Å². The second-order valence-electron chi connectivity index (χ2n) is 4.46. The van der Waals surface area contributed by atoms with Gasteiger partial charge in [0.15, 0.2) is 0 Å². The van der Waals surface area contributed by atoms with Crippen LogP contribution in [-0.2, 0) is 13.5 Å². The highest BCUT2D eigenvalue weighted by molar-refractivity contribution is 9.10. The lowest BCUT2D eigenvalue weighted by Crippen LogP contribution is -2.12. The number of rotatable bonds is 4. The summed E-state index contributed by atoms with van der Waals surface area (Å²) in [4.78, 5) is 0. The van der Waals surface area contributed by atoms with Gasteiger partial charge in [0.1, 0.15) is 5.69 Å². The van der Waals surface area contributed by atoms with E-state index in [9.17, 15) is 0 Å². The zero-order valence-corrected chi connectivity index (χ0v) is 12.6. The summed E-state index contributed by atoms with van der Waals surface area (Å²) < 4.78 is 3.06. The molecule has 1 N–H and O–H groups in total. The first-order chi connectivity index (χ1) is 8.63. The number of hydrogen-bond donors (Lipinski definition) is 1. The molecule has 0 amide bonds. The van der Waals surface area contributed by atoms with E-state index in [-0.39, 0.29) is 0 Å². The lowest BCUT2D eigenvalue weighted by molar-refractivity contribution is 0.681. The molecular weight excluding hydrogens is 290 g/mol. The van der Waals surface area contributed by atoms with Crippen LogP contribution in [0.25, 0.3) is 11.3 Å². The van der Waals surface area contributed by atoms with Gasteiger partial charge >= 0.3 is 0 Å². The molecule has 1 heterocycles. The van der Waals surface area contributed by atoms with Crippen molar-refractivity contribution in [1.82, 2.24) is 15.1 Å². The second-order valence-corrected chi connectivity index (χ2v) is 5.25. The van der Waals surface area contributed by atoms with Crippen LogP contribution < -0.4 is 5.32 Å². The Kier molecular flexibility index (Phi) is 4.19. The summed E-state index contributed by atoms with van der Waals surface area (Å²) in [5, 5.41) is 7.78. The van der Waals surface area contributed by atoms with Gasteiger partial charge in [0.05, 0.1) is 10.2 Å². The van der Waals surface area contributed by atoms with Crippen molar-refractivity contribution in [3.05, 3.63) is 40.0 Å². The average Bonchev–Trinajstić information content (AvgIpc) is 2.63. The average molecular weight is 308 g/mol. The van der Waals surface area contributed by atoms with Gasteiger partial charge in [0.2, 0.25) is 0 Å². The molecule has 0 saturated heterocycles. The second kappa shape index (κ2) is 5.67. The largest absolute Gasteiger partial charge is 0.319 e. The molecule has 0 saturated carbocycles. The maximum absolute atomic E-state index is 4.62. The molecule has 0 aliphatic carbocycles. The molecule has 0 radical (unpaired) electrons. The smallest absolute Gasteiger partial charge is 0.107 e. The normalized spacial score (nSPS) is 10.9. The van der Waals surface area contributed by atoms with Gasteiger partial charge in [-0.2, -0.15) is 5.10 Å². The van der Waals surface area contributed by atoms with Gasteiger partial charge in [-0.25, -0.2) is 0 Å². The fourth-order valence-corrected chi connectivity index (χ4v) is 2.79. The van der Waals surface area contributed by atoms with E-state index < -0.39 is 0 Å². The molecule has 18 heavy (non-hydrogen) atoms. The van der Waals surface area contributed by atoms with Crippen molar-refractivity contribution in [3.8, 4) is 11.3 Å². The molecule has 0 aliphatic heterocycles. The van der Waals surface area contributed by atoms with E-state index >= 15 is 0 Å². The predicted molar refractivity (Wildman–Crippen MR) is 78.7 cm³/mol. The van der Waals surface area contributed by atoms with Gasteiger partial charge < -0.3 is 5.32 Å². The number of halogens is 1. The van der Waals surface area contributed by atoms with Crippen LogP contribution in [0.3, 0.4) is 0 Å². The highest BCUT2D eigenvalue weighted by atomic mass is 79.9. The molecule has 3 nitrogen and oxygen atoms in total. The molecule has 0 atom stereocenters. The van der Waals surface area contributed by atoms with Gasteiger partial charge in [-0.1, -0.05) is 23.8 Å². The van der Waals surface area contributed by atoms with Crippen LogP contribution in [-0.4, -0.2) is 23.4 Å². The summed E-state index contributed by atoms with van der Waals surface area (Å²) in [6.07, 6.45) is 0.965. The van der Waals surface area contributed by atoms with Crippen molar-refractivity contribution < 1.29 is 0 Å². The number of benzene rings is 1. The van der Waals surface area contributed by atoms with E-state index in [0.29, 0.717) is 0 Å². The fraction of sp³-hybridized carbons (Fsp3) is 0.357. The standard InChI is InChI=1S/C14H18BrN3/c1-10-5-4-6-11(9-10)14-13(15)12(7-8-16-2)18(3)17-14/h4-6,9,16H,7-8H2,1-3H3. The number of likely N-dealkylation sites (N-methyl/N-ethyl adjacent to an activating group) is 1. The number of aromatic nitrogens is 2. The minimum absolute atomic E-state index is 0.950. The Hall–Kier alpha value is -1.13. The Balaban J connectivity index is 2.40. The summed E-state index contributed by atoms with van der Waals surface area (Å²) in [7, 11) is 3.96. The van der Waals surface area contributed by atoms with E-state index in [0.717, 1.165) is 28.7 Å². The molecule has 1 aromatic carbocycles. The lowest BCUT2D eigenvalue weighted by Gasteiger charge is -2.02. The van der Waals surface area contributed by atoms with Crippen LogP contribution in [0.2, 0.25) is 0 Å². The first-order valence-electron chi connectivity index (χ1n) is 6.06. The molecule has 0 spiro atoms. The predicted octanol–water partition coefficient (Wildman–Crippen LogP) is 2.92. The Morgan fingerprint density at radius 2 is 2.17 bits per heavy atom. The molecule has 2 aromatic rings. The third-order valence-corrected chi connectivity index (χ3v) is 3.84. The summed E-state index contributed by atoms with van der Waals surface area (Å²) >= 11 is 3.68. The molecule has 2 rings (SSSR count). The van der Waals surface area contributed by atoms with Crippen molar-refractivity contribution in [2.24, 2.45) is 7.05 Å². The van der Waals surface area contributed by atoms with Gasteiger partial charge in [-0.05, 0) is 36.0 Å². The van der Waals surface area contributed by atoms with Crippen LogP contribution in [0, 0.1) is 6.92 Å². The lowest BCUT2D eigenvalue weighted by atomic mass is 10.1. The number of nitrogens with zero attached hydrogens (tertiary/aromatic N) is 2. The van der Waals surface area contributed by atoms with E-state index in [4.69, 9.17) is 0 Å². The minimum Gasteiger partial charge on any atom is -0.319 e. The Morgan fingerprint density at radius 1 is 1.39 bits per heavy atom. The molecule has 0 aliphatic rings. The van der Waals surface area contributed by atoms with E-state index in [2.05, 4.69) is 57.5 Å². The first kappa shape index (κ1) is 13.3. The molecular formula is C14H18BrN3. The van der Waals surface area contributed by atoms with Crippen molar-refractivity contribution in [2.75, 3.05) is 13.6 Å². The van der Waals surface area contributed by atoms with Gasteiger partial charge in [0, 0.05) is 25.6 Å². The summed E-state index contributed by atoms with van der Waals surface area (Å²) in [6, 6.07) is 8.43. The SMILES string of the molecule is CNCCc1c(Br)c(-c2cccc(C)c2)nn1C. The fourth-order valence-electron chi connectivity index (χ4n) is 2.02. The molecule has 0 bridgehead atoms. The quantitative estimate of drug-likeness (QED) is 0.941. The highest BCUT2D eigenvalue weighted by Crippen LogP contribution is 2.30.